The molecule has 0 atom stereocenters. The number of hydrogen-bond acceptors (Lipinski definition) is 4. The van der Waals surface area contributed by atoms with Crippen LogP contribution in [0.15, 0.2) is 48.5 Å². The van der Waals surface area contributed by atoms with Gasteiger partial charge in [0.2, 0.25) is 0 Å². The number of nitrogens with one attached hydrogen (secondary N) is 1. The van der Waals surface area contributed by atoms with Crippen molar-refractivity contribution in [2.75, 3.05) is 30.4 Å². The maximum Gasteiger partial charge on any atom is 0.343 e. The Morgan fingerprint density at radius 3 is 2.04 bits per heavy atom. The van der Waals surface area contributed by atoms with Gasteiger partial charge in [-0.3, -0.25) is 4.90 Å². The Hall–Kier alpha value is -3.02. The number of ether oxygens (including phenoxy) is 1. The molecule has 0 unspecified atom stereocenters. The Balaban J connectivity index is 2.01. The average molecular weight is 369 g/mol. The van der Waals surface area contributed by atoms with E-state index in [4.69, 9.17) is 4.74 Å². The molecule has 0 saturated carbocycles. The lowest BCUT2D eigenvalue weighted by Crippen LogP contribution is -2.40. The number of amides is 2. The molecule has 0 spiro atoms. The highest BCUT2D eigenvalue weighted by Gasteiger charge is 2.13. The first-order valence-corrected chi connectivity index (χ1v) is 8.99. The van der Waals surface area contributed by atoms with Crippen molar-refractivity contribution in [2.24, 2.45) is 0 Å². The normalized spacial score (nSPS) is 10.4. The molecule has 6 nitrogen and oxygen atoms in total. The number of carbonyl (C=O) groups is 2. The molecule has 0 aliphatic rings. The number of anilines is 2. The van der Waals surface area contributed by atoms with Gasteiger partial charge >= 0.3 is 12.0 Å². The molecule has 2 amide bonds. The first kappa shape index (κ1) is 20.3. The third-order valence-corrected chi connectivity index (χ3v) is 4.17. The fourth-order valence-corrected chi connectivity index (χ4v) is 2.40. The minimum atomic E-state index is -0.417. The fraction of sp³-hybridized carbons (Fsp3) is 0.333. The second-order valence-corrected chi connectivity index (χ2v) is 6.61. The van der Waals surface area contributed by atoms with Crippen LogP contribution in [0.5, 0.6) is 5.75 Å². The van der Waals surface area contributed by atoms with Crippen LogP contribution in [-0.2, 0) is 0 Å². The highest BCUT2D eigenvalue weighted by atomic mass is 16.5. The van der Waals surface area contributed by atoms with Gasteiger partial charge in [0.15, 0.2) is 0 Å². The first-order valence-electron chi connectivity index (χ1n) is 8.99. The topological polar surface area (TPSA) is 61.9 Å². The van der Waals surface area contributed by atoms with E-state index in [9.17, 15) is 9.59 Å². The zero-order valence-corrected chi connectivity index (χ0v) is 16.5. The van der Waals surface area contributed by atoms with E-state index in [1.165, 1.54) is 4.90 Å². The van der Waals surface area contributed by atoms with Gasteiger partial charge in [0, 0.05) is 38.1 Å². The van der Waals surface area contributed by atoms with Gasteiger partial charge in [-0.1, -0.05) is 0 Å². The molecule has 144 valence electrons. The van der Waals surface area contributed by atoms with Crippen LogP contribution in [0.1, 0.15) is 31.1 Å². The molecule has 0 heterocycles. The summed E-state index contributed by atoms with van der Waals surface area (Å²) < 4.78 is 5.42. The van der Waals surface area contributed by atoms with Gasteiger partial charge in [0.25, 0.3) is 0 Å². The fourth-order valence-electron chi connectivity index (χ4n) is 2.40. The lowest BCUT2D eigenvalue weighted by atomic mass is 10.2. The quantitative estimate of drug-likeness (QED) is 0.619. The number of carbonyl (C=O) groups excluding carboxylic acids is 2. The Bertz CT molecular complexity index is 770. The minimum Gasteiger partial charge on any atom is -0.423 e. The van der Waals surface area contributed by atoms with Crippen molar-refractivity contribution >= 4 is 23.4 Å². The van der Waals surface area contributed by atoms with Gasteiger partial charge < -0.3 is 15.0 Å². The predicted octanol–water partition coefficient (Wildman–Crippen LogP) is 3.92. The molecule has 2 aromatic carbocycles. The van der Waals surface area contributed by atoms with Crippen LogP contribution in [0.25, 0.3) is 0 Å². The van der Waals surface area contributed by atoms with Gasteiger partial charge in [-0.25, -0.2) is 9.59 Å². The third-order valence-electron chi connectivity index (χ3n) is 4.17. The van der Waals surface area contributed by atoms with Crippen molar-refractivity contribution in [3.8, 4) is 5.75 Å². The number of esters is 1. The molecule has 0 aliphatic heterocycles. The zero-order chi connectivity index (χ0) is 20.0. The van der Waals surface area contributed by atoms with Crippen molar-refractivity contribution < 1.29 is 14.3 Å². The van der Waals surface area contributed by atoms with E-state index in [2.05, 4.69) is 17.1 Å². The van der Waals surface area contributed by atoms with Gasteiger partial charge in [0.1, 0.15) is 5.75 Å². The monoisotopic (exact) mass is 369 g/mol. The van der Waals surface area contributed by atoms with Crippen LogP contribution in [-0.4, -0.2) is 38.7 Å². The number of urea groups is 1. The van der Waals surface area contributed by atoms with Gasteiger partial charge in [-0.05, 0) is 69.3 Å². The number of benzene rings is 2. The smallest absolute Gasteiger partial charge is 0.343 e. The standard InChI is InChI=1S/C21H27N3O3/c1-6-23(4)17-9-7-16(8-10-17)20(25)27-19-13-11-18(12-14-19)24(5)21(26)22-15(2)3/h7-15H,6H2,1-5H3,(H,22,26). The molecule has 0 aromatic heterocycles. The predicted molar refractivity (Wildman–Crippen MR) is 109 cm³/mol. The second kappa shape index (κ2) is 9.07. The molecular weight excluding hydrogens is 342 g/mol. The highest BCUT2D eigenvalue weighted by Crippen LogP contribution is 2.20. The summed E-state index contributed by atoms with van der Waals surface area (Å²) in [6.45, 7) is 6.76. The summed E-state index contributed by atoms with van der Waals surface area (Å²) in [5.41, 5.74) is 2.24. The summed E-state index contributed by atoms with van der Waals surface area (Å²) in [6.07, 6.45) is 0. The molecule has 2 aromatic rings. The molecule has 0 radical (unpaired) electrons. The van der Waals surface area contributed by atoms with Crippen LogP contribution < -0.4 is 19.9 Å². The Labute approximate surface area is 160 Å². The molecule has 0 fully saturated rings. The second-order valence-electron chi connectivity index (χ2n) is 6.61. The molecule has 2 rings (SSSR count). The Morgan fingerprint density at radius 2 is 1.52 bits per heavy atom. The SMILES string of the molecule is CCN(C)c1ccc(C(=O)Oc2ccc(N(C)C(=O)NC(C)C)cc2)cc1. The summed E-state index contributed by atoms with van der Waals surface area (Å²) in [4.78, 5) is 27.9. The maximum absolute atomic E-state index is 12.3. The molecular formula is C21H27N3O3. The summed E-state index contributed by atoms with van der Waals surface area (Å²) >= 11 is 0. The van der Waals surface area contributed by atoms with Gasteiger partial charge in [-0.2, -0.15) is 0 Å². The van der Waals surface area contributed by atoms with E-state index < -0.39 is 5.97 Å². The Morgan fingerprint density at radius 1 is 0.963 bits per heavy atom. The van der Waals surface area contributed by atoms with E-state index in [1.807, 2.05) is 33.0 Å². The number of hydrogen-bond donors (Lipinski definition) is 1. The van der Waals surface area contributed by atoms with Crippen molar-refractivity contribution in [2.45, 2.75) is 26.8 Å². The van der Waals surface area contributed by atoms with Crippen molar-refractivity contribution in [1.82, 2.24) is 5.32 Å². The van der Waals surface area contributed by atoms with Crippen LogP contribution >= 0.6 is 0 Å². The van der Waals surface area contributed by atoms with E-state index >= 15 is 0 Å². The number of rotatable bonds is 6. The zero-order valence-electron chi connectivity index (χ0n) is 16.5. The summed E-state index contributed by atoms with van der Waals surface area (Å²) in [5.74, 6) is 0.00975. The lowest BCUT2D eigenvalue weighted by molar-refractivity contribution is 0.0734. The van der Waals surface area contributed by atoms with Crippen LogP contribution in [0.4, 0.5) is 16.2 Å². The van der Waals surface area contributed by atoms with Crippen molar-refractivity contribution in [1.29, 1.82) is 0 Å². The van der Waals surface area contributed by atoms with Crippen LogP contribution in [0.3, 0.4) is 0 Å². The summed E-state index contributed by atoms with van der Waals surface area (Å²) in [6, 6.07) is 14.0. The van der Waals surface area contributed by atoms with E-state index in [-0.39, 0.29) is 12.1 Å². The maximum atomic E-state index is 12.3. The molecule has 0 bridgehead atoms. The minimum absolute atomic E-state index is 0.0590. The van der Waals surface area contributed by atoms with Crippen LogP contribution in [0.2, 0.25) is 0 Å². The average Bonchev–Trinajstić information content (AvgIpc) is 2.67. The number of nitrogens with zero attached hydrogens (tertiary/aromatic N) is 2. The molecule has 0 aliphatic carbocycles. The van der Waals surface area contributed by atoms with E-state index in [0.29, 0.717) is 17.0 Å². The molecule has 6 heteroatoms. The molecule has 0 saturated heterocycles. The van der Waals surface area contributed by atoms with Gasteiger partial charge in [-0.15, -0.1) is 0 Å². The third kappa shape index (κ3) is 5.48. The highest BCUT2D eigenvalue weighted by molar-refractivity contribution is 5.92. The van der Waals surface area contributed by atoms with Crippen molar-refractivity contribution in [3.63, 3.8) is 0 Å². The van der Waals surface area contributed by atoms with Gasteiger partial charge in [0.05, 0.1) is 5.56 Å². The van der Waals surface area contributed by atoms with E-state index in [0.717, 1.165) is 12.2 Å². The first-order chi connectivity index (χ1) is 12.8. The van der Waals surface area contributed by atoms with E-state index in [1.54, 1.807) is 43.4 Å². The van der Waals surface area contributed by atoms with Crippen molar-refractivity contribution in [3.05, 3.63) is 54.1 Å². The lowest BCUT2D eigenvalue weighted by Gasteiger charge is -2.20. The Kier molecular flexibility index (Phi) is 6.82. The van der Waals surface area contributed by atoms with Crippen LogP contribution in [0, 0.1) is 0 Å². The summed E-state index contributed by atoms with van der Waals surface area (Å²) in [5, 5.41) is 2.82. The summed E-state index contributed by atoms with van der Waals surface area (Å²) in [7, 11) is 3.68. The molecule has 1 N–H and O–H groups in total. The largest absolute Gasteiger partial charge is 0.423 e. The molecule has 27 heavy (non-hydrogen) atoms.